The lowest BCUT2D eigenvalue weighted by Gasteiger charge is -2.36. The summed E-state index contributed by atoms with van der Waals surface area (Å²) >= 11 is 0. The van der Waals surface area contributed by atoms with Gasteiger partial charge in [-0.05, 0) is 44.6 Å². The number of nitrogens with zero attached hydrogens (tertiary/aromatic N) is 1. The summed E-state index contributed by atoms with van der Waals surface area (Å²) in [6, 6.07) is 10.6. The molecular weight excluding hydrogens is 302 g/mol. The van der Waals surface area contributed by atoms with Crippen LogP contribution in [-0.4, -0.2) is 56.2 Å². The van der Waals surface area contributed by atoms with Gasteiger partial charge in [-0.1, -0.05) is 44.2 Å². The van der Waals surface area contributed by atoms with Crippen molar-refractivity contribution in [1.29, 1.82) is 0 Å². The van der Waals surface area contributed by atoms with Gasteiger partial charge in [0.1, 0.15) is 5.60 Å². The summed E-state index contributed by atoms with van der Waals surface area (Å²) < 4.78 is 5.63. The second-order valence-electron chi connectivity index (χ2n) is 6.31. The minimum atomic E-state index is -0.685. The van der Waals surface area contributed by atoms with Gasteiger partial charge in [0.2, 0.25) is 0 Å². The smallest absolute Gasteiger partial charge is 0.252 e. The van der Waals surface area contributed by atoms with Crippen LogP contribution in [0.4, 0.5) is 0 Å². The number of methoxy groups -OCH3 is 1. The van der Waals surface area contributed by atoms with E-state index < -0.39 is 5.60 Å². The third-order valence-electron chi connectivity index (χ3n) is 5.11. The molecular formula is C19H31N3O2. The molecule has 0 saturated carbocycles. The normalized spacial score (nSPS) is 18.3. The molecule has 1 fully saturated rings. The maximum absolute atomic E-state index is 12.8. The predicted molar refractivity (Wildman–Crippen MR) is 97.0 cm³/mol. The fraction of sp³-hybridized carbons (Fsp3) is 0.632. The Morgan fingerprint density at radius 1 is 1.25 bits per heavy atom. The van der Waals surface area contributed by atoms with Crippen LogP contribution in [0.5, 0.6) is 0 Å². The first-order valence-corrected chi connectivity index (χ1v) is 9.00. The second-order valence-corrected chi connectivity index (χ2v) is 6.31. The fourth-order valence-electron chi connectivity index (χ4n) is 3.50. The number of carbonyl (C=O) groups is 1. The van der Waals surface area contributed by atoms with Crippen molar-refractivity contribution in [2.24, 2.45) is 0 Å². The Balaban J connectivity index is 2.08. The number of hydrogen-bond donors (Lipinski definition) is 2. The summed E-state index contributed by atoms with van der Waals surface area (Å²) in [5, 5.41) is 6.45. The van der Waals surface area contributed by atoms with Crippen molar-refractivity contribution >= 4 is 5.91 Å². The van der Waals surface area contributed by atoms with Crippen LogP contribution in [0.3, 0.4) is 0 Å². The summed E-state index contributed by atoms with van der Waals surface area (Å²) in [5.41, 5.74) is 0.550. The van der Waals surface area contributed by atoms with Crippen LogP contribution in [0.15, 0.2) is 30.3 Å². The van der Waals surface area contributed by atoms with Crippen LogP contribution in [-0.2, 0) is 9.53 Å². The number of benzene rings is 1. The summed E-state index contributed by atoms with van der Waals surface area (Å²) in [7, 11) is 1.64. The van der Waals surface area contributed by atoms with Crippen molar-refractivity contribution in [3.8, 4) is 0 Å². The van der Waals surface area contributed by atoms with E-state index in [2.05, 4.69) is 53.6 Å². The molecule has 0 aromatic heterocycles. The van der Waals surface area contributed by atoms with Crippen molar-refractivity contribution in [3.63, 3.8) is 0 Å². The summed E-state index contributed by atoms with van der Waals surface area (Å²) in [6.45, 7) is 8.45. The monoisotopic (exact) mass is 333 g/mol. The molecule has 5 heteroatoms. The standard InChI is InChI=1S/C19H31N3O2/c1-4-22(5-2)17(16-9-7-6-8-10-16)15-21-18(23)19(24-3)11-13-20-14-12-19/h6-10,17,20H,4-5,11-15H2,1-3H3,(H,21,23). The number of ether oxygens (including phenoxy) is 1. The lowest BCUT2D eigenvalue weighted by atomic mass is 9.91. The molecule has 1 aromatic carbocycles. The molecule has 2 rings (SSSR count). The maximum atomic E-state index is 12.8. The Labute approximate surface area is 145 Å². The number of carbonyl (C=O) groups excluding carboxylic acids is 1. The van der Waals surface area contributed by atoms with Crippen LogP contribution in [0.2, 0.25) is 0 Å². The average Bonchev–Trinajstić information content (AvgIpc) is 2.66. The molecule has 24 heavy (non-hydrogen) atoms. The number of rotatable bonds is 8. The summed E-state index contributed by atoms with van der Waals surface area (Å²) in [5.74, 6) is 0.0135. The highest BCUT2D eigenvalue weighted by atomic mass is 16.5. The first-order chi connectivity index (χ1) is 11.7. The first-order valence-electron chi connectivity index (χ1n) is 9.00. The van der Waals surface area contributed by atoms with Gasteiger partial charge in [0.15, 0.2) is 0 Å². The van der Waals surface area contributed by atoms with E-state index in [0.29, 0.717) is 6.54 Å². The Kier molecular flexibility index (Phi) is 7.21. The van der Waals surface area contributed by atoms with Crippen LogP contribution >= 0.6 is 0 Å². The molecule has 1 amide bonds. The van der Waals surface area contributed by atoms with E-state index in [-0.39, 0.29) is 11.9 Å². The third kappa shape index (κ3) is 4.35. The lowest BCUT2D eigenvalue weighted by Crippen LogP contribution is -2.55. The van der Waals surface area contributed by atoms with Gasteiger partial charge in [0, 0.05) is 13.7 Å². The quantitative estimate of drug-likeness (QED) is 0.763. The molecule has 0 bridgehead atoms. The highest BCUT2D eigenvalue weighted by molar-refractivity contribution is 5.85. The summed E-state index contributed by atoms with van der Waals surface area (Å²) in [4.78, 5) is 15.2. The largest absolute Gasteiger partial charge is 0.368 e. The van der Waals surface area contributed by atoms with Crippen LogP contribution < -0.4 is 10.6 Å². The molecule has 0 spiro atoms. The molecule has 1 heterocycles. The summed E-state index contributed by atoms with van der Waals surface area (Å²) in [6.07, 6.45) is 1.44. The molecule has 1 atom stereocenters. The van der Waals surface area contributed by atoms with Crippen molar-refractivity contribution < 1.29 is 9.53 Å². The average molecular weight is 333 g/mol. The van der Waals surface area contributed by atoms with E-state index in [1.165, 1.54) is 5.56 Å². The van der Waals surface area contributed by atoms with Gasteiger partial charge < -0.3 is 15.4 Å². The van der Waals surface area contributed by atoms with Crippen molar-refractivity contribution in [2.75, 3.05) is 39.8 Å². The molecule has 134 valence electrons. The molecule has 1 aliphatic rings. The predicted octanol–water partition coefficient (Wildman–Crippen LogP) is 1.95. The number of piperidine rings is 1. The maximum Gasteiger partial charge on any atom is 0.252 e. The Morgan fingerprint density at radius 3 is 2.42 bits per heavy atom. The van der Waals surface area contributed by atoms with Gasteiger partial charge in [0.05, 0.1) is 6.04 Å². The second kappa shape index (κ2) is 9.16. The Bertz CT molecular complexity index is 497. The van der Waals surface area contributed by atoms with Gasteiger partial charge in [-0.3, -0.25) is 9.69 Å². The SMILES string of the molecule is CCN(CC)C(CNC(=O)C1(OC)CCNCC1)c1ccccc1. The third-order valence-corrected chi connectivity index (χ3v) is 5.11. The molecule has 1 aromatic rings. The van der Waals surface area contributed by atoms with Crippen LogP contribution in [0, 0.1) is 0 Å². The minimum Gasteiger partial charge on any atom is -0.368 e. The number of amides is 1. The molecule has 0 radical (unpaired) electrons. The van der Waals surface area contributed by atoms with E-state index in [1.807, 2.05) is 6.07 Å². The van der Waals surface area contributed by atoms with Gasteiger partial charge in [-0.25, -0.2) is 0 Å². The minimum absolute atomic E-state index is 0.0135. The number of nitrogens with one attached hydrogen (secondary N) is 2. The molecule has 1 saturated heterocycles. The molecule has 5 nitrogen and oxygen atoms in total. The zero-order valence-electron chi connectivity index (χ0n) is 15.2. The van der Waals surface area contributed by atoms with E-state index in [1.54, 1.807) is 7.11 Å². The molecule has 0 aliphatic carbocycles. The highest BCUT2D eigenvalue weighted by Crippen LogP contribution is 2.24. The zero-order valence-corrected chi connectivity index (χ0v) is 15.2. The Morgan fingerprint density at radius 2 is 1.88 bits per heavy atom. The van der Waals surface area contributed by atoms with Gasteiger partial charge in [-0.2, -0.15) is 0 Å². The van der Waals surface area contributed by atoms with E-state index >= 15 is 0 Å². The van der Waals surface area contributed by atoms with Crippen LogP contribution in [0.1, 0.15) is 38.3 Å². The lowest BCUT2D eigenvalue weighted by molar-refractivity contribution is -0.147. The van der Waals surface area contributed by atoms with Gasteiger partial charge >= 0.3 is 0 Å². The van der Waals surface area contributed by atoms with E-state index in [0.717, 1.165) is 39.0 Å². The van der Waals surface area contributed by atoms with Gasteiger partial charge in [0.25, 0.3) is 5.91 Å². The van der Waals surface area contributed by atoms with E-state index in [4.69, 9.17) is 4.74 Å². The molecule has 1 aliphatic heterocycles. The fourth-order valence-corrected chi connectivity index (χ4v) is 3.50. The van der Waals surface area contributed by atoms with Crippen molar-refractivity contribution in [3.05, 3.63) is 35.9 Å². The van der Waals surface area contributed by atoms with Crippen molar-refractivity contribution in [1.82, 2.24) is 15.5 Å². The van der Waals surface area contributed by atoms with Crippen LogP contribution in [0.25, 0.3) is 0 Å². The number of hydrogen-bond acceptors (Lipinski definition) is 4. The highest BCUT2D eigenvalue weighted by Gasteiger charge is 2.39. The number of likely N-dealkylation sites (N-methyl/N-ethyl adjacent to an activating group) is 1. The van der Waals surface area contributed by atoms with Crippen molar-refractivity contribution in [2.45, 2.75) is 38.3 Å². The molecule has 2 N–H and O–H groups in total. The topological polar surface area (TPSA) is 53.6 Å². The molecule has 1 unspecified atom stereocenters. The Hall–Kier alpha value is -1.43. The van der Waals surface area contributed by atoms with Gasteiger partial charge in [-0.15, -0.1) is 0 Å². The first kappa shape index (κ1) is 18.9. The van der Waals surface area contributed by atoms with E-state index in [9.17, 15) is 4.79 Å². The zero-order chi connectivity index (χ0) is 17.4.